The van der Waals surface area contributed by atoms with Crippen LogP contribution in [-0.4, -0.2) is 121 Å². The van der Waals surface area contributed by atoms with Gasteiger partial charge in [-0.2, -0.15) is 0 Å². The predicted octanol–water partition coefficient (Wildman–Crippen LogP) is -0.863. The summed E-state index contributed by atoms with van der Waals surface area (Å²) in [5.74, 6) is 0. The second kappa shape index (κ2) is 15.0. The van der Waals surface area contributed by atoms with E-state index in [1.807, 2.05) is 7.05 Å². The Bertz CT molecular complexity index is 276. The van der Waals surface area contributed by atoms with Gasteiger partial charge in [0, 0.05) is 52.4 Å². The molecule has 0 radical (unpaired) electrons. The quantitative estimate of drug-likeness (QED) is 0.374. The number of nitrogens with two attached hydrogens (primary N) is 1. The predicted molar refractivity (Wildman–Crippen MR) is 99.6 cm³/mol. The van der Waals surface area contributed by atoms with Gasteiger partial charge in [0.15, 0.2) is 0 Å². The molecule has 0 aliphatic carbocycles. The highest BCUT2D eigenvalue weighted by Gasteiger charge is 2.13. The van der Waals surface area contributed by atoms with Crippen LogP contribution < -0.4 is 11.1 Å². The fraction of sp³-hybridized carbons (Fsp3) is 1.00. The third-order valence-electron chi connectivity index (χ3n) is 4.41. The smallest absolute Gasteiger partial charge is 0.0594 e. The van der Waals surface area contributed by atoms with Crippen molar-refractivity contribution in [1.29, 1.82) is 0 Å². The van der Waals surface area contributed by atoms with Gasteiger partial charge < -0.3 is 30.3 Å². The molecule has 0 aromatic heterocycles. The maximum Gasteiger partial charge on any atom is 0.0594 e. The molecule has 1 aliphatic heterocycles. The van der Waals surface area contributed by atoms with Crippen molar-refractivity contribution in [2.24, 2.45) is 5.73 Å². The molecule has 7 nitrogen and oxygen atoms in total. The van der Waals surface area contributed by atoms with E-state index in [4.69, 9.17) is 15.2 Å². The van der Waals surface area contributed by atoms with Crippen molar-refractivity contribution in [3.8, 4) is 0 Å². The second-order valence-electron chi connectivity index (χ2n) is 6.46. The van der Waals surface area contributed by atoms with Gasteiger partial charge in [0.2, 0.25) is 0 Å². The molecule has 1 fully saturated rings. The molecular weight excluding hydrogens is 306 g/mol. The fourth-order valence-electron chi connectivity index (χ4n) is 2.77. The summed E-state index contributed by atoms with van der Waals surface area (Å²) in [6.45, 7) is 13.5. The van der Waals surface area contributed by atoms with Crippen LogP contribution in [-0.2, 0) is 9.47 Å². The maximum absolute atomic E-state index is 5.66. The van der Waals surface area contributed by atoms with Crippen LogP contribution in [0.25, 0.3) is 0 Å². The molecule has 0 spiro atoms. The van der Waals surface area contributed by atoms with Crippen LogP contribution in [0.4, 0.5) is 0 Å². The Labute approximate surface area is 148 Å². The minimum Gasteiger partial charge on any atom is -0.379 e. The third-order valence-corrected chi connectivity index (χ3v) is 4.41. The minimum atomic E-state index is 0.594. The summed E-state index contributed by atoms with van der Waals surface area (Å²) in [6, 6.07) is 0. The highest BCUT2D eigenvalue weighted by atomic mass is 16.5. The van der Waals surface area contributed by atoms with Gasteiger partial charge in [-0.3, -0.25) is 4.90 Å². The van der Waals surface area contributed by atoms with Gasteiger partial charge in [0.1, 0.15) is 0 Å². The van der Waals surface area contributed by atoms with Gasteiger partial charge in [0.25, 0.3) is 0 Å². The Morgan fingerprint density at radius 2 is 1.62 bits per heavy atom. The molecule has 0 amide bonds. The van der Waals surface area contributed by atoms with Crippen LogP contribution in [0.2, 0.25) is 0 Å². The zero-order chi connectivity index (χ0) is 17.5. The Morgan fingerprint density at radius 3 is 2.25 bits per heavy atom. The van der Waals surface area contributed by atoms with Crippen molar-refractivity contribution >= 4 is 0 Å². The molecule has 1 aliphatic rings. The van der Waals surface area contributed by atoms with Crippen LogP contribution in [0.15, 0.2) is 0 Å². The summed E-state index contributed by atoms with van der Waals surface area (Å²) in [5.41, 5.74) is 5.47. The van der Waals surface area contributed by atoms with Gasteiger partial charge in [-0.15, -0.1) is 0 Å². The molecule has 1 saturated heterocycles. The molecule has 0 bridgehead atoms. The van der Waals surface area contributed by atoms with Crippen LogP contribution in [0.5, 0.6) is 0 Å². The molecule has 3 N–H and O–H groups in total. The Morgan fingerprint density at radius 1 is 0.958 bits per heavy atom. The largest absolute Gasteiger partial charge is 0.379 e. The molecule has 144 valence electrons. The lowest BCUT2D eigenvalue weighted by molar-refractivity contribution is 0.0745. The normalized spacial score (nSPS) is 17.0. The summed E-state index contributed by atoms with van der Waals surface area (Å²) < 4.78 is 11.2. The van der Waals surface area contributed by atoms with Crippen molar-refractivity contribution < 1.29 is 9.47 Å². The Hall–Kier alpha value is -0.280. The first-order valence-electron chi connectivity index (χ1n) is 9.39. The molecule has 0 aromatic rings. The standard InChI is InChI=1S/C17H39N5O2/c1-19-5-15-24-17-13-22(12-16-23-14-4-18)7-3-6-21-10-8-20(2)9-11-21/h19H,3-18H2,1-2H3. The number of hydrogen-bond donors (Lipinski definition) is 2. The van der Waals surface area contributed by atoms with E-state index >= 15 is 0 Å². The first-order chi connectivity index (χ1) is 11.8. The number of rotatable bonds is 15. The van der Waals surface area contributed by atoms with E-state index in [2.05, 4.69) is 27.1 Å². The molecule has 0 atom stereocenters. The SMILES string of the molecule is CNCCOCCN(CCCN1CCN(C)CC1)CCOCCN. The van der Waals surface area contributed by atoms with Gasteiger partial charge in [0.05, 0.1) is 26.4 Å². The van der Waals surface area contributed by atoms with E-state index in [1.54, 1.807) is 0 Å². The topological polar surface area (TPSA) is 66.2 Å². The van der Waals surface area contributed by atoms with Crippen molar-refractivity contribution in [2.75, 3.05) is 106 Å². The average molecular weight is 346 g/mol. The summed E-state index contributed by atoms with van der Waals surface area (Å²) in [5, 5.41) is 3.10. The van der Waals surface area contributed by atoms with Gasteiger partial charge >= 0.3 is 0 Å². The molecule has 0 aromatic carbocycles. The van der Waals surface area contributed by atoms with Crippen molar-refractivity contribution in [3.63, 3.8) is 0 Å². The summed E-state index contributed by atoms with van der Waals surface area (Å²) in [7, 11) is 4.15. The van der Waals surface area contributed by atoms with E-state index in [0.29, 0.717) is 13.2 Å². The lowest BCUT2D eigenvalue weighted by Crippen LogP contribution is -2.45. The van der Waals surface area contributed by atoms with E-state index < -0.39 is 0 Å². The minimum absolute atomic E-state index is 0.594. The van der Waals surface area contributed by atoms with Crippen LogP contribution in [0.3, 0.4) is 0 Å². The number of nitrogens with one attached hydrogen (secondary N) is 1. The molecule has 7 heteroatoms. The second-order valence-corrected chi connectivity index (χ2v) is 6.46. The van der Waals surface area contributed by atoms with E-state index in [9.17, 15) is 0 Å². The van der Waals surface area contributed by atoms with Gasteiger partial charge in [-0.1, -0.05) is 0 Å². The molecule has 0 saturated carbocycles. The van der Waals surface area contributed by atoms with Crippen LogP contribution in [0, 0.1) is 0 Å². The number of nitrogens with zero attached hydrogens (tertiary/aromatic N) is 3. The first-order valence-corrected chi connectivity index (χ1v) is 9.39. The molecule has 0 unspecified atom stereocenters. The molecule has 24 heavy (non-hydrogen) atoms. The first kappa shape index (κ1) is 21.8. The average Bonchev–Trinajstić information content (AvgIpc) is 2.59. The maximum atomic E-state index is 5.66. The van der Waals surface area contributed by atoms with Crippen molar-refractivity contribution in [1.82, 2.24) is 20.0 Å². The highest BCUT2D eigenvalue weighted by Crippen LogP contribution is 2.01. The van der Waals surface area contributed by atoms with E-state index in [0.717, 1.165) is 46.0 Å². The van der Waals surface area contributed by atoms with Gasteiger partial charge in [-0.25, -0.2) is 0 Å². The summed E-state index contributed by atoms with van der Waals surface area (Å²) in [6.07, 6.45) is 1.21. The van der Waals surface area contributed by atoms with E-state index in [-0.39, 0.29) is 0 Å². The fourth-order valence-corrected chi connectivity index (χ4v) is 2.77. The zero-order valence-corrected chi connectivity index (χ0v) is 15.8. The molecule has 1 heterocycles. The number of likely N-dealkylation sites (N-methyl/N-ethyl adjacent to an activating group) is 2. The number of hydrogen-bond acceptors (Lipinski definition) is 7. The van der Waals surface area contributed by atoms with Crippen molar-refractivity contribution in [3.05, 3.63) is 0 Å². The van der Waals surface area contributed by atoms with E-state index in [1.165, 1.54) is 39.1 Å². The molecular formula is C17H39N5O2. The summed E-state index contributed by atoms with van der Waals surface area (Å²) >= 11 is 0. The Balaban J connectivity index is 2.15. The number of ether oxygens (including phenoxy) is 2. The highest BCUT2D eigenvalue weighted by molar-refractivity contribution is 4.70. The summed E-state index contributed by atoms with van der Waals surface area (Å²) in [4.78, 5) is 7.43. The monoisotopic (exact) mass is 345 g/mol. The van der Waals surface area contributed by atoms with Crippen LogP contribution in [0.1, 0.15) is 6.42 Å². The van der Waals surface area contributed by atoms with Crippen molar-refractivity contribution in [2.45, 2.75) is 6.42 Å². The van der Waals surface area contributed by atoms with Crippen LogP contribution >= 0.6 is 0 Å². The Kier molecular flexibility index (Phi) is 13.6. The third kappa shape index (κ3) is 11.3. The molecule has 1 rings (SSSR count). The number of piperazine rings is 1. The zero-order valence-electron chi connectivity index (χ0n) is 15.8. The van der Waals surface area contributed by atoms with Gasteiger partial charge in [-0.05, 0) is 33.6 Å². The lowest BCUT2D eigenvalue weighted by atomic mass is 10.3. The lowest BCUT2D eigenvalue weighted by Gasteiger charge is -2.33.